The van der Waals surface area contributed by atoms with Gasteiger partial charge in [0.1, 0.15) is 5.02 Å². The first-order valence-electron chi connectivity index (χ1n) is 6.01. The lowest BCUT2D eigenvalue weighted by Crippen LogP contribution is -2.01. The molecule has 0 saturated heterocycles. The fourth-order valence-corrected chi connectivity index (χ4v) is 1.97. The van der Waals surface area contributed by atoms with Crippen molar-refractivity contribution in [3.8, 4) is 5.75 Å². The molecule has 2 aromatic rings. The summed E-state index contributed by atoms with van der Waals surface area (Å²) in [6.07, 6.45) is 0. The largest absolute Gasteiger partial charge is 0.494 e. The Hall–Kier alpha value is -2.34. The Labute approximate surface area is 125 Å². The zero-order valence-electron chi connectivity index (χ0n) is 11.1. The van der Waals surface area contributed by atoms with Crippen molar-refractivity contribution in [2.75, 3.05) is 12.4 Å². The van der Waals surface area contributed by atoms with E-state index in [4.69, 9.17) is 16.3 Å². The molecule has 0 amide bonds. The maximum atomic E-state index is 13.5. The van der Waals surface area contributed by atoms with Crippen molar-refractivity contribution in [1.82, 2.24) is 0 Å². The molecule has 0 heterocycles. The number of nitro benzene ring substituents is 1. The van der Waals surface area contributed by atoms with Crippen molar-refractivity contribution in [1.29, 1.82) is 0 Å². The number of halogens is 2. The highest BCUT2D eigenvalue weighted by atomic mass is 35.5. The fraction of sp³-hybridized carbons (Fsp3) is 0.143. The van der Waals surface area contributed by atoms with Gasteiger partial charge in [0.15, 0.2) is 11.6 Å². The SMILES string of the molecule is COc1ccc(CNc2ccc(Cl)c([N+](=O)[O-])c2)cc1F. The molecule has 7 heteroatoms. The molecule has 2 rings (SSSR count). The molecule has 1 N–H and O–H groups in total. The van der Waals surface area contributed by atoms with Crippen LogP contribution in [0, 0.1) is 15.9 Å². The molecule has 0 radical (unpaired) electrons. The van der Waals surface area contributed by atoms with Gasteiger partial charge in [-0.1, -0.05) is 17.7 Å². The average molecular weight is 311 g/mol. The maximum Gasteiger partial charge on any atom is 0.289 e. The number of hydrogen-bond acceptors (Lipinski definition) is 4. The third-order valence-electron chi connectivity index (χ3n) is 2.86. The summed E-state index contributed by atoms with van der Waals surface area (Å²) in [4.78, 5) is 10.2. The van der Waals surface area contributed by atoms with Gasteiger partial charge in [-0.3, -0.25) is 10.1 Å². The van der Waals surface area contributed by atoms with E-state index in [1.807, 2.05) is 0 Å². The summed E-state index contributed by atoms with van der Waals surface area (Å²) in [6.45, 7) is 0.319. The molecular weight excluding hydrogens is 299 g/mol. The molecule has 0 saturated carbocycles. The third kappa shape index (κ3) is 3.61. The van der Waals surface area contributed by atoms with E-state index in [1.165, 1.54) is 31.4 Å². The van der Waals surface area contributed by atoms with Gasteiger partial charge in [-0.15, -0.1) is 0 Å². The van der Waals surface area contributed by atoms with Crippen molar-refractivity contribution >= 4 is 23.0 Å². The monoisotopic (exact) mass is 310 g/mol. The minimum atomic E-state index is -0.555. The van der Waals surface area contributed by atoms with Crippen LogP contribution in [-0.2, 0) is 6.54 Å². The van der Waals surface area contributed by atoms with Gasteiger partial charge in [-0.05, 0) is 29.8 Å². The smallest absolute Gasteiger partial charge is 0.289 e. The van der Waals surface area contributed by atoms with E-state index in [0.29, 0.717) is 17.8 Å². The predicted octanol–water partition coefficient (Wildman–Crippen LogP) is 4.01. The number of benzene rings is 2. The molecule has 2 aromatic carbocycles. The number of nitro groups is 1. The second-order valence-corrected chi connectivity index (χ2v) is 4.65. The van der Waals surface area contributed by atoms with Gasteiger partial charge in [0.05, 0.1) is 12.0 Å². The normalized spacial score (nSPS) is 10.2. The molecule has 0 aliphatic heterocycles. The first-order valence-corrected chi connectivity index (χ1v) is 6.39. The number of methoxy groups -OCH3 is 1. The Morgan fingerprint density at radius 3 is 2.71 bits per heavy atom. The summed E-state index contributed by atoms with van der Waals surface area (Å²) in [5, 5.41) is 13.8. The van der Waals surface area contributed by atoms with E-state index < -0.39 is 10.7 Å². The van der Waals surface area contributed by atoms with Crippen LogP contribution in [0.5, 0.6) is 5.75 Å². The molecule has 0 bridgehead atoms. The second-order valence-electron chi connectivity index (χ2n) is 4.25. The van der Waals surface area contributed by atoms with E-state index in [9.17, 15) is 14.5 Å². The van der Waals surface area contributed by atoms with Crippen molar-refractivity contribution in [2.24, 2.45) is 0 Å². The summed E-state index contributed by atoms with van der Waals surface area (Å²) in [7, 11) is 1.39. The highest BCUT2D eigenvalue weighted by Gasteiger charge is 2.12. The molecule has 5 nitrogen and oxygen atoms in total. The standard InChI is InChI=1S/C14H12ClFN2O3/c1-21-14-5-2-9(6-12(14)16)8-17-10-3-4-11(15)13(7-10)18(19)20/h2-7,17H,8H2,1H3. The number of nitrogens with zero attached hydrogens (tertiary/aromatic N) is 1. The number of rotatable bonds is 5. The van der Waals surface area contributed by atoms with Crippen LogP contribution in [0.4, 0.5) is 15.8 Å². The zero-order chi connectivity index (χ0) is 15.4. The fourth-order valence-electron chi connectivity index (χ4n) is 1.79. The summed E-state index contributed by atoms with van der Waals surface area (Å²) in [6, 6.07) is 8.97. The van der Waals surface area contributed by atoms with Crippen LogP contribution >= 0.6 is 11.6 Å². The van der Waals surface area contributed by atoms with Crippen molar-refractivity contribution in [2.45, 2.75) is 6.54 Å². The van der Waals surface area contributed by atoms with Crippen LogP contribution < -0.4 is 10.1 Å². The van der Waals surface area contributed by atoms with Crippen LogP contribution in [0.15, 0.2) is 36.4 Å². The van der Waals surface area contributed by atoms with E-state index >= 15 is 0 Å². The van der Waals surface area contributed by atoms with Gasteiger partial charge in [-0.25, -0.2) is 4.39 Å². The highest BCUT2D eigenvalue weighted by molar-refractivity contribution is 6.32. The molecule has 21 heavy (non-hydrogen) atoms. The number of ether oxygens (including phenoxy) is 1. The quantitative estimate of drug-likeness (QED) is 0.669. The van der Waals surface area contributed by atoms with Crippen LogP contribution in [-0.4, -0.2) is 12.0 Å². The van der Waals surface area contributed by atoms with E-state index in [-0.39, 0.29) is 16.5 Å². The van der Waals surface area contributed by atoms with Gasteiger partial charge in [0.25, 0.3) is 5.69 Å². The van der Waals surface area contributed by atoms with Crippen molar-refractivity contribution in [3.05, 3.63) is 62.9 Å². The third-order valence-corrected chi connectivity index (χ3v) is 3.18. The predicted molar refractivity (Wildman–Crippen MR) is 78.4 cm³/mol. The first-order chi connectivity index (χ1) is 10.0. The number of nitrogens with one attached hydrogen (secondary N) is 1. The van der Waals surface area contributed by atoms with E-state index in [0.717, 1.165) is 0 Å². The summed E-state index contributed by atoms with van der Waals surface area (Å²) in [5.41, 5.74) is 1.04. The topological polar surface area (TPSA) is 64.4 Å². The summed E-state index contributed by atoms with van der Waals surface area (Å²) >= 11 is 5.73. The van der Waals surface area contributed by atoms with Gasteiger partial charge in [0, 0.05) is 18.3 Å². The van der Waals surface area contributed by atoms with Crippen molar-refractivity contribution < 1.29 is 14.1 Å². The van der Waals surface area contributed by atoms with Gasteiger partial charge < -0.3 is 10.1 Å². The zero-order valence-corrected chi connectivity index (χ0v) is 11.9. The lowest BCUT2D eigenvalue weighted by Gasteiger charge is -2.08. The van der Waals surface area contributed by atoms with Gasteiger partial charge in [0.2, 0.25) is 0 Å². The Morgan fingerprint density at radius 1 is 1.33 bits per heavy atom. The number of anilines is 1. The molecule has 0 unspecified atom stereocenters. The first kappa shape index (κ1) is 15.1. The summed E-state index contributed by atoms with van der Waals surface area (Å²) in [5.74, 6) is -0.292. The molecule has 0 spiro atoms. The lowest BCUT2D eigenvalue weighted by atomic mass is 10.2. The molecular formula is C14H12ClFN2O3. The highest BCUT2D eigenvalue weighted by Crippen LogP contribution is 2.27. The lowest BCUT2D eigenvalue weighted by molar-refractivity contribution is -0.384. The molecule has 110 valence electrons. The molecule has 0 aromatic heterocycles. The average Bonchev–Trinajstić information content (AvgIpc) is 2.46. The van der Waals surface area contributed by atoms with E-state index in [1.54, 1.807) is 12.1 Å². The minimum absolute atomic E-state index is 0.0704. The van der Waals surface area contributed by atoms with Gasteiger partial charge >= 0.3 is 0 Å². The molecule has 0 fully saturated rings. The minimum Gasteiger partial charge on any atom is -0.494 e. The Morgan fingerprint density at radius 2 is 2.10 bits per heavy atom. The number of hydrogen-bond donors (Lipinski definition) is 1. The maximum absolute atomic E-state index is 13.5. The molecule has 0 aliphatic rings. The molecule has 0 atom stereocenters. The Bertz CT molecular complexity index is 679. The van der Waals surface area contributed by atoms with Crippen LogP contribution in [0.25, 0.3) is 0 Å². The van der Waals surface area contributed by atoms with Crippen molar-refractivity contribution in [3.63, 3.8) is 0 Å². The van der Waals surface area contributed by atoms with Crippen LogP contribution in [0.1, 0.15) is 5.56 Å². The van der Waals surface area contributed by atoms with Crippen LogP contribution in [0.2, 0.25) is 5.02 Å². The van der Waals surface area contributed by atoms with E-state index in [2.05, 4.69) is 5.32 Å². The Balaban J connectivity index is 2.11. The Kier molecular flexibility index (Phi) is 4.59. The van der Waals surface area contributed by atoms with Gasteiger partial charge in [-0.2, -0.15) is 0 Å². The second kappa shape index (κ2) is 6.41. The summed E-state index contributed by atoms with van der Waals surface area (Å²) < 4.78 is 18.4. The molecule has 0 aliphatic carbocycles. The van der Waals surface area contributed by atoms with Crippen LogP contribution in [0.3, 0.4) is 0 Å².